The van der Waals surface area contributed by atoms with Gasteiger partial charge in [0.25, 0.3) is 0 Å². The summed E-state index contributed by atoms with van der Waals surface area (Å²) in [5.41, 5.74) is 4.24. The van der Waals surface area contributed by atoms with Crippen molar-refractivity contribution in [1.29, 1.82) is 0 Å². The van der Waals surface area contributed by atoms with Gasteiger partial charge in [-0.05, 0) is 56.5 Å². The molecule has 1 fully saturated rings. The normalized spacial score (nSPS) is 19.3. The van der Waals surface area contributed by atoms with E-state index in [0.29, 0.717) is 0 Å². The standard InChI is InChI=1S/C14H18N4/c1-10-6-14(18-17-10)13-3-2-11(9-16-13)7-12-4-5-15-8-12/h2-3,6,9,12,15H,4-5,7-8H2,1H3,(H,17,18)/t12-/m1/s1. The smallest absolute Gasteiger partial charge is 0.111 e. The van der Waals surface area contributed by atoms with Crippen LogP contribution in [0.25, 0.3) is 11.4 Å². The number of hydrogen-bond acceptors (Lipinski definition) is 3. The number of hydrogen-bond donors (Lipinski definition) is 2. The highest BCUT2D eigenvalue weighted by Gasteiger charge is 2.15. The van der Waals surface area contributed by atoms with Gasteiger partial charge in [0.1, 0.15) is 5.69 Å². The van der Waals surface area contributed by atoms with Gasteiger partial charge in [0, 0.05) is 11.9 Å². The van der Waals surface area contributed by atoms with Gasteiger partial charge in [0.05, 0.1) is 5.69 Å². The summed E-state index contributed by atoms with van der Waals surface area (Å²) in [6, 6.07) is 6.25. The van der Waals surface area contributed by atoms with Crippen molar-refractivity contribution in [1.82, 2.24) is 20.5 Å². The number of aromatic nitrogens is 3. The van der Waals surface area contributed by atoms with E-state index in [0.717, 1.165) is 42.5 Å². The van der Waals surface area contributed by atoms with Crippen molar-refractivity contribution in [3.05, 3.63) is 35.7 Å². The van der Waals surface area contributed by atoms with Crippen LogP contribution in [0, 0.1) is 12.8 Å². The molecule has 1 saturated heterocycles. The summed E-state index contributed by atoms with van der Waals surface area (Å²) < 4.78 is 0. The Balaban J connectivity index is 1.72. The lowest BCUT2D eigenvalue weighted by atomic mass is 10.00. The third-order valence-electron chi connectivity index (χ3n) is 3.48. The molecule has 0 spiro atoms. The first-order valence-electron chi connectivity index (χ1n) is 6.49. The fourth-order valence-electron chi connectivity index (χ4n) is 2.47. The number of H-pyrrole nitrogens is 1. The van der Waals surface area contributed by atoms with Crippen LogP contribution in [0.5, 0.6) is 0 Å². The summed E-state index contributed by atoms with van der Waals surface area (Å²) in [5, 5.41) is 10.6. The predicted molar refractivity (Wildman–Crippen MR) is 71.2 cm³/mol. The summed E-state index contributed by atoms with van der Waals surface area (Å²) in [5.74, 6) is 0.769. The molecule has 1 atom stereocenters. The van der Waals surface area contributed by atoms with E-state index in [2.05, 4.69) is 32.6 Å². The van der Waals surface area contributed by atoms with E-state index < -0.39 is 0 Å². The van der Waals surface area contributed by atoms with Gasteiger partial charge in [-0.1, -0.05) is 6.07 Å². The molecular weight excluding hydrogens is 224 g/mol. The van der Waals surface area contributed by atoms with Gasteiger partial charge in [0.2, 0.25) is 0 Å². The lowest BCUT2D eigenvalue weighted by Gasteiger charge is -2.07. The van der Waals surface area contributed by atoms with E-state index in [4.69, 9.17) is 0 Å². The third-order valence-corrected chi connectivity index (χ3v) is 3.48. The van der Waals surface area contributed by atoms with Gasteiger partial charge in [-0.2, -0.15) is 5.10 Å². The molecule has 0 aromatic carbocycles. The number of aryl methyl sites for hydroxylation is 1. The molecule has 1 aliphatic rings. The molecule has 4 heteroatoms. The van der Waals surface area contributed by atoms with Gasteiger partial charge in [-0.15, -0.1) is 0 Å². The van der Waals surface area contributed by atoms with E-state index in [-0.39, 0.29) is 0 Å². The fraction of sp³-hybridized carbons (Fsp3) is 0.429. The van der Waals surface area contributed by atoms with Crippen molar-refractivity contribution in [2.24, 2.45) is 5.92 Å². The molecule has 3 heterocycles. The second-order valence-electron chi connectivity index (χ2n) is 5.05. The minimum absolute atomic E-state index is 0.769. The van der Waals surface area contributed by atoms with E-state index in [1.807, 2.05) is 19.2 Å². The molecule has 2 aromatic heterocycles. The first-order valence-corrected chi connectivity index (χ1v) is 6.49. The molecule has 0 amide bonds. The Hall–Kier alpha value is -1.68. The molecule has 94 valence electrons. The minimum atomic E-state index is 0.769. The van der Waals surface area contributed by atoms with Gasteiger partial charge in [-0.3, -0.25) is 10.1 Å². The second-order valence-corrected chi connectivity index (χ2v) is 5.05. The van der Waals surface area contributed by atoms with Crippen molar-refractivity contribution in [3.8, 4) is 11.4 Å². The van der Waals surface area contributed by atoms with Gasteiger partial charge in [0.15, 0.2) is 0 Å². The van der Waals surface area contributed by atoms with Crippen LogP contribution in [0.3, 0.4) is 0 Å². The first kappa shape index (κ1) is 11.4. The Morgan fingerprint density at radius 3 is 2.89 bits per heavy atom. The SMILES string of the molecule is Cc1cc(-c2ccc(C[C@H]3CCNC3)cn2)n[nH]1. The number of nitrogens with zero attached hydrogens (tertiary/aromatic N) is 2. The summed E-state index contributed by atoms with van der Waals surface area (Å²) in [6.07, 6.45) is 4.39. The maximum absolute atomic E-state index is 4.50. The van der Waals surface area contributed by atoms with Crippen molar-refractivity contribution in [2.45, 2.75) is 19.8 Å². The largest absolute Gasteiger partial charge is 0.316 e. The van der Waals surface area contributed by atoms with E-state index in [1.54, 1.807) is 0 Å². The number of rotatable bonds is 3. The molecule has 0 bridgehead atoms. The predicted octanol–water partition coefficient (Wildman–Crippen LogP) is 1.93. The molecule has 0 radical (unpaired) electrons. The number of pyridine rings is 1. The minimum Gasteiger partial charge on any atom is -0.316 e. The van der Waals surface area contributed by atoms with E-state index in [9.17, 15) is 0 Å². The highest BCUT2D eigenvalue weighted by atomic mass is 15.1. The molecule has 4 nitrogen and oxygen atoms in total. The number of nitrogens with one attached hydrogen (secondary N) is 2. The maximum atomic E-state index is 4.50. The summed E-state index contributed by atoms with van der Waals surface area (Å²) in [7, 11) is 0. The Bertz CT molecular complexity index is 509. The number of aromatic amines is 1. The zero-order valence-electron chi connectivity index (χ0n) is 10.6. The van der Waals surface area contributed by atoms with Crippen molar-refractivity contribution in [3.63, 3.8) is 0 Å². The highest BCUT2D eigenvalue weighted by molar-refractivity contribution is 5.54. The van der Waals surface area contributed by atoms with Crippen LogP contribution in [0.1, 0.15) is 17.7 Å². The first-order chi connectivity index (χ1) is 8.81. The second kappa shape index (κ2) is 4.90. The average molecular weight is 242 g/mol. The van der Waals surface area contributed by atoms with Gasteiger partial charge < -0.3 is 5.32 Å². The van der Waals surface area contributed by atoms with E-state index in [1.165, 1.54) is 12.0 Å². The zero-order chi connectivity index (χ0) is 12.4. The summed E-state index contributed by atoms with van der Waals surface area (Å²) in [4.78, 5) is 4.50. The summed E-state index contributed by atoms with van der Waals surface area (Å²) in [6.45, 7) is 4.29. The van der Waals surface area contributed by atoms with E-state index >= 15 is 0 Å². The molecule has 3 rings (SSSR count). The Kier molecular flexibility index (Phi) is 3.11. The topological polar surface area (TPSA) is 53.6 Å². The van der Waals surface area contributed by atoms with Crippen molar-refractivity contribution < 1.29 is 0 Å². The quantitative estimate of drug-likeness (QED) is 0.864. The maximum Gasteiger partial charge on any atom is 0.111 e. The molecule has 0 aliphatic carbocycles. The lowest BCUT2D eigenvalue weighted by Crippen LogP contribution is -2.10. The van der Waals surface area contributed by atoms with Crippen LogP contribution in [0.4, 0.5) is 0 Å². The van der Waals surface area contributed by atoms with Crippen LogP contribution in [0.15, 0.2) is 24.4 Å². The van der Waals surface area contributed by atoms with Crippen molar-refractivity contribution in [2.75, 3.05) is 13.1 Å². The monoisotopic (exact) mass is 242 g/mol. The Labute approximate surface area is 107 Å². The van der Waals surface area contributed by atoms with Crippen LogP contribution in [-0.4, -0.2) is 28.3 Å². The summed E-state index contributed by atoms with van der Waals surface area (Å²) >= 11 is 0. The Morgan fingerprint density at radius 1 is 1.33 bits per heavy atom. The average Bonchev–Trinajstić information content (AvgIpc) is 3.02. The van der Waals surface area contributed by atoms with Crippen molar-refractivity contribution >= 4 is 0 Å². The van der Waals surface area contributed by atoms with Crippen LogP contribution in [0.2, 0.25) is 0 Å². The third kappa shape index (κ3) is 2.43. The zero-order valence-corrected chi connectivity index (χ0v) is 10.6. The molecular formula is C14H18N4. The lowest BCUT2D eigenvalue weighted by molar-refractivity contribution is 0.579. The highest BCUT2D eigenvalue weighted by Crippen LogP contribution is 2.18. The molecule has 2 N–H and O–H groups in total. The molecule has 1 aliphatic heterocycles. The molecule has 18 heavy (non-hydrogen) atoms. The van der Waals surface area contributed by atoms with Gasteiger partial charge >= 0.3 is 0 Å². The molecule has 0 saturated carbocycles. The van der Waals surface area contributed by atoms with Gasteiger partial charge in [-0.25, -0.2) is 0 Å². The van der Waals surface area contributed by atoms with Crippen LogP contribution >= 0.6 is 0 Å². The molecule has 0 unspecified atom stereocenters. The molecule has 2 aromatic rings. The van der Waals surface area contributed by atoms with Crippen LogP contribution < -0.4 is 5.32 Å². The fourth-order valence-corrected chi connectivity index (χ4v) is 2.47. The van der Waals surface area contributed by atoms with Crippen LogP contribution in [-0.2, 0) is 6.42 Å². The Morgan fingerprint density at radius 2 is 2.28 bits per heavy atom.